The predicted octanol–water partition coefficient (Wildman–Crippen LogP) is 3.07. The van der Waals surface area contributed by atoms with Crippen LogP contribution in [0.25, 0.3) is 0 Å². The molecule has 0 spiro atoms. The highest BCUT2D eigenvalue weighted by Gasteiger charge is 2.14. The van der Waals surface area contributed by atoms with Gasteiger partial charge >= 0.3 is 0 Å². The van der Waals surface area contributed by atoms with E-state index in [0.717, 1.165) is 28.5 Å². The van der Waals surface area contributed by atoms with Crippen LogP contribution in [-0.2, 0) is 13.6 Å². The first-order chi connectivity index (χ1) is 9.93. The van der Waals surface area contributed by atoms with Crippen LogP contribution >= 0.6 is 11.6 Å². The van der Waals surface area contributed by atoms with E-state index in [1.54, 1.807) is 11.8 Å². The lowest BCUT2D eigenvalue weighted by atomic mass is 10.2. The summed E-state index contributed by atoms with van der Waals surface area (Å²) in [6.07, 6.45) is 0. The van der Waals surface area contributed by atoms with E-state index in [4.69, 9.17) is 16.3 Å². The number of hydrogen-bond acceptors (Lipinski definition) is 4. The standard InChI is InChI=1S/C15H21ClN4O/c1-10-12(15(21-5)20(4)18-10)9-17-13-8-11(16)6-7-14(13)19(2)3/h6-8,17H,9H2,1-5H3. The normalized spacial score (nSPS) is 10.6. The number of aromatic nitrogens is 2. The molecule has 5 nitrogen and oxygen atoms in total. The molecule has 114 valence electrons. The highest BCUT2D eigenvalue weighted by atomic mass is 35.5. The van der Waals surface area contributed by atoms with Gasteiger partial charge in [0.25, 0.3) is 0 Å². The minimum atomic E-state index is 0.629. The zero-order valence-electron chi connectivity index (χ0n) is 13.1. The largest absolute Gasteiger partial charge is 0.481 e. The van der Waals surface area contributed by atoms with Crippen LogP contribution in [-0.4, -0.2) is 31.0 Å². The van der Waals surface area contributed by atoms with Gasteiger partial charge in [0, 0.05) is 32.7 Å². The number of anilines is 2. The topological polar surface area (TPSA) is 42.3 Å². The third-order valence-electron chi connectivity index (χ3n) is 3.38. The number of aryl methyl sites for hydroxylation is 2. The van der Waals surface area contributed by atoms with Gasteiger partial charge in [0.2, 0.25) is 5.88 Å². The van der Waals surface area contributed by atoms with E-state index in [0.29, 0.717) is 11.6 Å². The van der Waals surface area contributed by atoms with Crippen LogP contribution in [0.2, 0.25) is 5.02 Å². The Morgan fingerprint density at radius 2 is 2.10 bits per heavy atom. The van der Waals surface area contributed by atoms with Crippen molar-refractivity contribution in [2.75, 3.05) is 31.4 Å². The first-order valence-corrected chi connectivity index (χ1v) is 7.09. The van der Waals surface area contributed by atoms with E-state index in [2.05, 4.69) is 10.4 Å². The molecule has 21 heavy (non-hydrogen) atoms. The molecule has 1 N–H and O–H groups in total. The van der Waals surface area contributed by atoms with Crippen molar-refractivity contribution < 1.29 is 4.74 Å². The first kappa shape index (κ1) is 15.5. The second-order valence-electron chi connectivity index (χ2n) is 5.11. The molecule has 0 fully saturated rings. The Morgan fingerprint density at radius 3 is 2.71 bits per heavy atom. The van der Waals surface area contributed by atoms with E-state index < -0.39 is 0 Å². The summed E-state index contributed by atoms with van der Waals surface area (Å²) in [7, 11) is 7.54. The Morgan fingerprint density at radius 1 is 1.38 bits per heavy atom. The molecule has 0 radical (unpaired) electrons. The molecule has 0 unspecified atom stereocenters. The fourth-order valence-electron chi connectivity index (χ4n) is 2.36. The quantitative estimate of drug-likeness (QED) is 0.922. The van der Waals surface area contributed by atoms with Crippen LogP contribution in [0.3, 0.4) is 0 Å². The summed E-state index contributed by atoms with van der Waals surface area (Å²) in [5.74, 6) is 0.772. The lowest BCUT2D eigenvalue weighted by Crippen LogP contribution is -2.12. The molecule has 0 aliphatic heterocycles. The molecule has 0 aliphatic carbocycles. The van der Waals surface area contributed by atoms with Crippen molar-refractivity contribution in [1.29, 1.82) is 0 Å². The Balaban J connectivity index is 2.26. The number of nitrogens with one attached hydrogen (secondary N) is 1. The fourth-order valence-corrected chi connectivity index (χ4v) is 2.54. The van der Waals surface area contributed by atoms with Gasteiger partial charge in [-0.15, -0.1) is 0 Å². The van der Waals surface area contributed by atoms with Gasteiger partial charge in [0.1, 0.15) is 0 Å². The molecule has 0 amide bonds. The van der Waals surface area contributed by atoms with Crippen molar-refractivity contribution in [3.05, 3.63) is 34.5 Å². The van der Waals surface area contributed by atoms with Gasteiger partial charge in [-0.05, 0) is 25.1 Å². The smallest absolute Gasteiger partial charge is 0.216 e. The van der Waals surface area contributed by atoms with Crippen molar-refractivity contribution in [2.24, 2.45) is 7.05 Å². The van der Waals surface area contributed by atoms with Gasteiger partial charge in [-0.2, -0.15) is 5.10 Å². The summed E-state index contributed by atoms with van der Waals surface area (Å²) in [6, 6.07) is 5.81. The van der Waals surface area contributed by atoms with Crippen molar-refractivity contribution in [2.45, 2.75) is 13.5 Å². The van der Waals surface area contributed by atoms with Crippen LogP contribution in [0.1, 0.15) is 11.3 Å². The monoisotopic (exact) mass is 308 g/mol. The number of benzene rings is 1. The molecular formula is C15H21ClN4O. The van der Waals surface area contributed by atoms with Crippen molar-refractivity contribution >= 4 is 23.0 Å². The second-order valence-corrected chi connectivity index (χ2v) is 5.54. The predicted molar refractivity (Wildman–Crippen MR) is 87.6 cm³/mol. The average Bonchev–Trinajstić information content (AvgIpc) is 2.69. The van der Waals surface area contributed by atoms with E-state index in [1.165, 1.54) is 0 Å². The summed E-state index contributed by atoms with van der Waals surface area (Å²) >= 11 is 6.10. The molecule has 0 atom stereocenters. The Bertz CT molecular complexity index is 637. The van der Waals surface area contributed by atoms with Gasteiger partial charge in [-0.3, -0.25) is 0 Å². The molecule has 0 aliphatic rings. The number of rotatable bonds is 5. The molecule has 1 aromatic heterocycles. The minimum Gasteiger partial charge on any atom is -0.481 e. The maximum absolute atomic E-state index is 6.10. The number of hydrogen-bond donors (Lipinski definition) is 1. The second kappa shape index (κ2) is 6.26. The van der Waals surface area contributed by atoms with E-state index in [9.17, 15) is 0 Å². The van der Waals surface area contributed by atoms with Crippen LogP contribution in [0.5, 0.6) is 5.88 Å². The molecule has 0 bridgehead atoms. The van der Waals surface area contributed by atoms with Gasteiger partial charge in [-0.1, -0.05) is 11.6 Å². The number of ether oxygens (including phenoxy) is 1. The third kappa shape index (κ3) is 3.24. The van der Waals surface area contributed by atoms with E-state index in [1.807, 2.05) is 51.2 Å². The molecule has 1 aromatic carbocycles. The number of nitrogens with zero attached hydrogens (tertiary/aromatic N) is 3. The molecule has 2 aromatic rings. The van der Waals surface area contributed by atoms with Gasteiger partial charge in [0.15, 0.2) is 0 Å². The lowest BCUT2D eigenvalue weighted by Gasteiger charge is -2.19. The Hall–Kier alpha value is -1.88. The van der Waals surface area contributed by atoms with Gasteiger partial charge in [0.05, 0.1) is 29.7 Å². The van der Waals surface area contributed by atoms with Crippen LogP contribution in [0.4, 0.5) is 11.4 Å². The zero-order chi connectivity index (χ0) is 15.6. The zero-order valence-corrected chi connectivity index (χ0v) is 13.8. The molecule has 2 rings (SSSR count). The fraction of sp³-hybridized carbons (Fsp3) is 0.400. The van der Waals surface area contributed by atoms with Gasteiger partial charge < -0.3 is 15.0 Å². The summed E-state index contributed by atoms with van der Waals surface area (Å²) in [4.78, 5) is 2.05. The van der Waals surface area contributed by atoms with Crippen molar-refractivity contribution in [1.82, 2.24) is 9.78 Å². The minimum absolute atomic E-state index is 0.629. The maximum Gasteiger partial charge on any atom is 0.216 e. The Labute approximate surface area is 130 Å². The van der Waals surface area contributed by atoms with Crippen LogP contribution in [0, 0.1) is 6.92 Å². The summed E-state index contributed by atoms with van der Waals surface area (Å²) in [6.45, 7) is 2.61. The molecular weight excluding hydrogens is 288 g/mol. The number of halogens is 1. The van der Waals surface area contributed by atoms with Crippen molar-refractivity contribution in [3.8, 4) is 5.88 Å². The molecule has 0 saturated carbocycles. The summed E-state index contributed by atoms with van der Waals surface area (Å²) in [5, 5.41) is 8.51. The Kier molecular flexibility index (Phi) is 4.63. The van der Waals surface area contributed by atoms with Crippen molar-refractivity contribution in [3.63, 3.8) is 0 Å². The highest BCUT2D eigenvalue weighted by molar-refractivity contribution is 6.31. The number of methoxy groups -OCH3 is 1. The van der Waals surface area contributed by atoms with E-state index >= 15 is 0 Å². The molecule has 1 heterocycles. The lowest BCUT2D eigenvalue weighted by molar-refractivity contribution is 0.370. The summed E-state index contributed by atoms with van der Waals surface area (Å²) in [5.41, 5.74) is 4.07. The van der Waals surface area contributed by atoms with Crippen LogP contribution in [0.15, 0.2) is 18.2 Å². The van der Waals surface area contributed by atoms with E-state index in [-0.39, 0.29) is 0 Å². The molecule has 0 saturated heterocycles. The first-order valence-electron chi connectivity index (χ1n) is 6.71. The molecule has 6 heteroatoms. The highest BCUT2D eigenvalue weighted by Crippen LogP contribution is 2.29. The SMILES string of the molecule is COc1c(CNc2cc(Cl)ccc2N(C)C)c(C)nn1C. The third-order valence-corrected chi connectivity index (χ3v) is 3.61. The average molecular weight is 309 g/mol. The summed E-state index contributed by atoms with van der Waals surface area (Å²) < 4.78 is 7.16. The van der Waals surface area contributed by atoms with Crippen LogP contribution < -0.4 is 15.0 Å². The maximum atomic E-state index is 6.10. The van der Waals surface area contributed by atoms with Gasteiger partial charge in [-0.25, -0.2) is 4.68 Å².